The van der Waals surface area contributed by atoms with Gasteiger partial charge in [-0.15, -0.1) is 0 Å². The highest BCUT2D eigenvalue weighted by atomic mass is 16.5. The van der Waals surface area contributed by atoms with E-state index in [0.29, 0.717) is 12.1 Å². The molecule has 134 valence electrons. The van der Waals surface area contributed by atoms with Crippen LogP contribution >= 0.6 is 0 Å². The number of nitrogens with one attached hydrogen (secondary N) is 2. The van der Waals surface area contributed by atoms with Crippen molar-refractivity contribution in [1.82, 2.24) is 19.9 Å². The van der Waals surface area contributed by atoms with E-state index in [0.717, 1.165) is 53.8 Å². The van der Waals surface area contributed by atoms with E-state index in [4.69, 9.17) is 14.7 Å². The summed E-state index contributed by atoms with van der Waals surface area (Å²) in [6, 6.07) is 6.92. The number of fused-ring (bicyclic) bond motifs is 1. The number of rotatable bonds is 4. The molecule has 2 fully saturated rings. The molecule has 0 amide bonds. The summed E-state index contributed by atoms with van der Waals surface area (Å²) in [5.41, 5.74) is 1.85. The van der Waals surface area contributed by atoms with Gasteiger partial charge in [-0.3, -0.25) is 0 Å². The molecule has 2 N–H and O–H groups in total. The van der Waals surface area contributed by atoms with Crippen molar-refractivity contribution < 1.29 is 4.74 Å². The normalized spacial score (nSPS) is 20.5. The molecule has 26 heavy (non-hydrogen) atoms. The number of hydrogen-bond acceptors (Lipinski definition) is 6. The summed E-state index contributed by atoms with van der Waals surface area (Å²) in [5.74, 6) is 2.58. The fourth-order valence-electron chi connectivity index (χ4n) is 3.44. The molecule has 0 aromatic carbocycles. The van der Waals surface area contributed by atoms with E-state index in [9.17, 15) is 0 Å². The standard InChI is InChI=1S/C19H22N6O/c1-12-11-26-9-8-25(12)17-10-16(22-13-2-3-13)23-19(24-17)15-5-7-21-18-14(15)4-6-20-18/h4-7,10,12-13H,2-3,8-9,11H2,1H3,(H,20,21)(H,22,23,24)/t12-/m1/s1. The quantitative estimate of drug-likeness (QED) is 0.753. The second kappa shape index (κ2) is 6.25. The van der Waals surface area contributed by atoms with Gasteiger partial charge in [0.25, 0.3) is 0 Å². The lowest BCUT2D eigenvalue weighted by atomic mass is 10.1. The van der Waals surface area contributed by atoms with Crippen LogP contribution in [0.1, 0.15) is 19.8 Å². The summed E-state index contributed by atoms with van der Waals surface area (Å²) in [6.45, 7) is 4.47. The molecule has 1 aliphatic carbocycles. The van der Waals surface area contributed by atoms with Crippen molar-refractivity contribution in [1.29, 1.82) is 0 Å². The molecule has 1 atom stereocenters. The zero-order valence-corrected chi connectivity index (χ0v) is 14.8. The lowest BCUT2D eigenvalue weighted by molar-refractivity contribution is 0.0985. The molecular formula is C19H22N6O. The highest BCUT2D eigenvalue weighted by Crippen LogP contribution is 2.31. The third kappa shape index (κ3) is 2.88. The molecule has 2 aliphatic rings. The molecule has 4 heterocycles. The number of aromatic amines is 1. The number of H-pyrrole nitrogens is 1. The lowest BCUT2D eigenvalue weighted by Crippen LogP contribution is -2.44. The molecular weight excluding hydrogens is 328 g/mol. The SMILES string of the molecule is C[C@@H]1COCCN1c1cc(NC2CC2)nc(-c2ccnc3[nH]ccc23)n1. The van der Waals surface area contributed by atoms with Gasteiger partial charge >= 0.3 is 0 Å². The molecule has 3 aromatic rings. The van der Waals surface area contributed by atoms with Crippen LogP contribution in [0, 0.1) is 0 Å². The molecule has 1 aliphatic heterocycles. The van der Waals surface area contributed by atoms with E-state index in [1.165, 1.54) is 12.8 Å². The molecule has 7 heteroatoms. The topological polar surface area (TPSA) is 79.0 Å². The van der Waals surface area contributed by atoms with Crippen LogP contribution in [0.2, 0.25) is 0 Å². The fraction of sp³-hybridized carbons (Fsp3) is 0.421. The third-order valence-corrected chi connectivity index (χ3v) is 5.00. The van der Waals surface area contributed by atoms with Crippen LogP contribution < -0.4 is 10.2 Å². The maximum Gasteiger partial charge on any atom is 0.164 e. The maximum atomic E-state index is 5.59. The Bertz CT molecular complexity index is 935. The van der Waals surface area contributed by atoms with Gasteiger partial charge in [0.15, 0.2) is 5.82 Å². The molecule has 0 bridgehead atoms. The van der Waals surface area contributed by atoms with Gasteiger partial charge in [-0.2, -0.15) is 0 Å². The Morgan fingerprint density at radius 1 is 1.27 bits per heavy atom. The molecule has 1 saturated heterocycles. The Labute approximate surface area is 151 Å². The van der Waals surface area contributed by atoms with Gasteiger partial charge in [-0.25, -0.2) is 15.0 Å². The van der Waals surface area contributed by atoms with E-state index >= 15 is 0 Å². The van der Waals surface area contributed by atoms with Gasteiger partial charge in [-0.1, -0.05) is 0 Å². The number of aromatic nitrogens is 4. The van der Waals surface area contributed by atoms with Crippen molar-refractivity contribution in [2.75, 3.05) is 30.0 Å². The third-order valence-electron chi connectivity index (χ3n) is 5.00. The first kappa shape index (κ1) is 15.6. The number of pyridine rings is 1. The molecule has 0 spiro atoms. The first-order valence-corrected chi connectivity index (χ1v) is 9.20. The maximum absolute atomic E-state index is 5.59. The minimum atomic E-state index is 0.296. The molecule has 3 aromatic heterocycles. The monoisotopic (exact) mass is 350 g/mol. The number of hydrogen-bond donors (Lipinski definition) is 2. The Balaban J connectivity index is 1.61. The molecule has 0 radical (unpaired) electrons. The first-order chi connectivity index (χ1) is 12.8. The van der Waals surface area contributed by atoms with Crippen molar-refractivity contribution in [2.45, 2.75) is 31.8 Å². The second-order valence-corrected chi connectivity index (χ2v) is 7.07. The van der Waals surface area contributed by atoms with Crippen LogP contribution in [0.25, 0.3) is 22.4 Å². The summed E-state index contributed by atoms with van der Waals surface area (Å²) in [5, 5.41) is 4.57. The van der Waals surface area contributed by atoms with E-state index in [2.05, 4.69) is 33.2 Å². The summed E-state index contributed by atoms with van der Waals surface area (Å²) in [6.07, 6.45) is 6.12. The minimum absolute atomic E-state index is 0.296. The van der Waals surface area contributed by atoms with Gasteiger partial charge < -0.3 is 19.9 Å². The number of anilines is 2. The first-order valence-electron chi connectivity index (χ1n) is 9.20. The van der Waals surface area contributed by atoms with Gasteiger partial charge in [0.1, 0.15) is 17.3 Å². The summed E-state index contributed by atoms with van der Waals surface area (Å²) < 4.78 is 5.59. The van der Waals surface area contributed by atoms with E-state index < -0.39 is 0 Å². The molecule has 5 rings (SSSR count). The van der Waals surface area contributed by atoms with Crippen molar-refractivity contribution in [3.63, 3.8) is 0 Å². The number of morpholine rings is 1. The van der Waals surface area contributed by atoms with Gasteiger partial charge in [-0.05, 0) is 31.9 Å². The average molecular weight is 350 g/mol. The largest absolute Gasteiger partial charge is 0.377 e. The smallest absolute Gasteiger partial charge is 0.164 e. The molecule has 1 saturated carbocycles. The minimum Gasteiger partial charge on any atom is -0.377 e. The number of ether oxygens (including phenoxy) is 1. The summed E-state index contributed by atoms with van der Waals surface area (Å²) in [7, 11) is 0. The van der Waals surface area contributed by atoms with Crippen molar-refractivity contribution >= 4 is 22.7 Å². The van der Waals surface area contributed by atoms with E-state index in [-0.39, 0.29) is 0 Å². The zero-order valence-electron chi connectivity index (χ0n) is 14.8. The highest BCUT2D eigenvalue weighted by molar-refractivity contribution is 5.91. The Morgan fingerprint density at radius 3 is 3.04 bits per heavy atom. The van der Waals surface area contributed by atoms with Crippen molar-refractivity contribution in [3.8, 4) is 11.4 Å². The predicted octanol–water partition coefficient (Wildman–Crippen LogP) is 2.82. The van der Waals surface area contributed by atoms with Crippen LogP contribution in [-0.2, 0) is 4.74 Å². The summed E-state index contributed by atoms with van der Waals surface area (Å²) >= 11 is 0. The van der Waals surface area contributed by atoms with Crippen LogP contribution in [0.15, 0.2) is 30.6 Å². The lowest BCUT2D eigenvalue weighted by Gasteiger charge is -2.34. The Hall–Kier alpha value is -2.67. The molecule has 7 nitrogen and oxygen atoms in total. The van der Waals surface area contributed by atoms with Crippen LogP contribution in [0.5, 0.6) is 0 Å². The number of nitrogens with zero attached hydrogens (tertiary/aromatic N) is 4. The molecule has 0 unspecified atom stereocenters. The van der Waals surface area contributed by atoms with Crippen LogP contribution in [-0.4, -0.2) is 51.8 Å². The second-order valence-electron chi connectivity index (χ2n) is 7.07. The Kier molecular flexibility index (Phi) is 3.74. The van der Waals surface area contributed by atoms with Gasteiger partial charge in [0.2, 0.25) is 0 Å². The van der Waals surface area contributed by atoms with Crippen LogP contribution in [0.3, 0.4) is 0 Å². The van der Waals surface area contributed by atoms with Crippen molar-refractivity contribution in [2.24, 2.45) is 0 Å². The fourth-order valence-corrected chi connectivity index (χ4v) is 3.44. The Morgan fingerprint density at radius 2 is 2.19 bits per heavy atom. The van der Waals surface area contributed by atoms with Crippen LogP contribution in [0.4, 0.5) is 11.6 Å². The predicted molar refractivity (Wildman–Crippen MR) is 101 cm³/mol. The van der Waals surface area contributed by atoms with Gasteiger partial charge in [0, 0.05) is 42.0 Å². The van der Waals surface area contributed by atoms with E-state index in [1.54, 1.807) is 6.20 Å². The van der Waals surface area contributed by atoms with Crippen molar-refractivity contribution in [3.05, 3.63) is 30.6 Å². The average Bonchev–Trinajstić information content (AvgIpc) is 3.33. The zero-order chi connectivity index (χ0) is 17.5. The van der Waals surface area contributed by atoms with E-state index in [1.807, 2.05) is 18.3 Å². The highest BCUT2D eigenvalue weighted by Gasteiger charge is 2.25. The van der Waals surface area contributed by atoms with Gasteiger partial charge in [0.05, 0.1) is 19.3 Å². The summed E-state index contributed by atoms with van der Waals surface area (Å²) in [4.78, 5) is 19.6.